The Bertz CT molecular complexity index is 804. The molecule has 6 heteroatoms. The van der Waals surface area contributed by atoms with Crippen LogP contribution >= 0.6 is 0 Å². The van der Waals surface area contributed by atoms with E-state index in [4.69, 9.17) is 4.74 Å². The van der Waals surface area contributed by atoms with E-state index in [1.165, 1.54) is 6.92 Å². The molecule has 1 fully saturated rings. The molecule has 3 rings (SSSR count). The number of amides is 2. The minimum absolute atomic E-state index is 0.00282. The molecule has 1 aliphatic heterocycles. The molecule has 1 unspecified atom stereocenters. The third-order valence-corrected chi connectivity index (χ3v) is 5.00. The van der Waals surface area contributed by atoms with E-state index in [2.05, 4.69) is 10.2 Å². The minimum Gasteiger partial charge on any atom is -0.378 e. The lowest BCUT2D eigenvalue weighted by molar-refractivity contribution is -0.134. The minimum atomic E-state index is -0.210. The van der Waals surface area contributed by atoms with E-state index >= 15 is 0 Å². The number of benzene rings is 2. The van der Waals surface area contributed by atoms with Crippen molar-refractivity contribution in [3.05, 3.63) is 60.2 Å². The van der Waals surface area contributed by atoms with Gasteiger partial charge in [0.2, 0.25) is 11.8 Å². The molecule has 28 heavy (non-hydrogen) atoms. The van der Waals surface area contributed by atoms with E-state index < -0.39 is 0 Å². The van der Waals surface area contributed by atoms with Gasteiger partial charge < -0.3 is 19.9 Å². The maximum atomic E-state index is 12.7. The van der Waals surface area contributed by atoms with Gasteiger partial charge in [0, 0.05) is 20.0 Å². The van der Waals surface area contributed by atoms with Gasteiger partial charge in [-0.15, -0.1) is 0 Å². The first-order valence-corrected chi connectivity index (χ1v) is 9.60. The fraction of sp³-hybridized carbons (Fsp3) is 0.364. The van der Waals surface area contributed by atoms with Crippen LogP contribution in [0.4, 0.5) is 11.4 Å². The molecule has 1 aliphatic rings. The predicted molar refractivity (Wildman–Crippen MR) is 110 cm³/mol. The van der Waals surface area contributed by atoms with Crippen LogP contribution in [0.25, 0.3) is 0 Å². The normalized spacial score (nSPS) is 15.0. The largest absolute Gasteiger partial charge is 0.378 e. The number of nitrogens with zero attached hydrogens (tertiary/aromatic N) is 2. The van der Waals surface area contributed by atoms with Crippen molar-refractivity contribution >= 4 is 23.2 Å². The number of anilines is 2. The highest BCUT2D eigenvalue weighted by atomic mass is 16.5. The van der Waals surface area contributed by atoms with Gasteiger partial charge in [-0.2, -0.15) is 0 Å². The van der Waals surface area contributed by atoms with Crippen LogP contribution in [-0.2, 0) is 14.3 Å². The summed E-state index contributed by atoms with van der Waals surface area (Å²) >= 11 is 0. The number of carbonyl (C=O) groups excluding carboxylic acids is 2. The number of carbonyl (C=O) groups is 2. The smallest absolute Gasteiger partial charge is 0.244 e. The van der Waals surface area contributed by atoms with Gasteiger partial charge in [0.15, 0.2) is 0 Å². The summed E-state index contributed by atoms with van der Waals surface area (Å²) in [6.07, 6.45) is 0. The predicted octanol–water partition coefficient (Wildman–Crippen LogP) is 3.07. The number of ether oxygens (including phenoxy) is 1. The first-order chi connectivity index (χ1) is 13.6. The van der Waals surface area contributed by atoms with Gasteiger partial charge >= 0.3 is 0 Å². The Morgan fingerprint density at radius 2 is 1.71 bits per heavy atom. The van der Waals surface area contributed by atoms with Crippen molar-refractivity contribution in [3.8, 4) is 0 Å². The van der Waals surface area contributed by atoms with Crippen molar-refractivity contribution in [2.24, 2.45) is 0 Å². The molecule has 2 aromatic carbocycles. The van der Waals surface area contributed by atoms with Gasteiger partial charge in [-0.1, -0.05) is 42.5 Å². The highest BCUT2D eigenvalue weighted by molar-refractivity contribution is 5.97. The summed E-state index contributed by atoms with van der Waals surface area (Å²) in [7, 11) is 0. The van der Waals surface area contributed by atoms with Gasteiger partial charge in [0.1, 0.15) is 6.54 Å². The van der Waals surface area contributed by atoms with Crippen LogP contribution in [0, 0.1) is 0 Å². The first kappa shape index (κ1) is 19.9. The Morgan fingerprint density at radius 1 is 1.07 bits per heavy atom. The Hall–Kier alpha value is -2.86. The van der Waals surface area contributed by atoms with Crippen molar-refractivity contribution in [3.63, 3.8) is 0 Å². The summed E-state index contributed by atoms with van der Waals surface area (Å²) in [5.74, 6) is -0.341. The molecule has 1 saturated heterocycles. The standard InChI is InChI=1S/C22H27N3O3/c1-17(19-8-4-3-5-9-19)25(18(2)26)16-22(27)23-20-10-6-7-11-21(20)24-12-14-28-15-13-24/h3-11,17H,12-16H2,1-2H3,(H,23,27). The molecule has 148 valence electrons. The average molecular weight is 381 g/mol. The number of nitrogens with one attached hydrogen (secondary N) is 1. The molecule has 0 spiro atoms. The number of morpholine rings is 1. The van der Waals surface area contributed by atoms with Crippen molar-refractivity contribution in [1.29, 1.82) is 0 Å². The Morgan fingerprint density at radius 3 is 2.39 bits per heavy atom. The molecule has 0 radical (unpaired) electrons. The zero-order valence-corrected chi connectivity index (χ0v) is 16.4. The molecule has 2 amide bonds. The van der Waals surface area contributed by atoms with Gasteiger partial charge in [0.25, 0.3) is 0 Å². The van der Waals surface area contributed by atoms with Crippen molar-refractivity contribution in [1.82, 2.24) is 4.90 Å². The van der Waals surface area contributed by atoms with Gasteiger partial charge in [-0.25, -0.2) is 0 Å². The summed E-state index contributed by atoms with van der Waals surface area (Å²) in [6, 6.07) is 17.3. The zero-order chi connectivity index (χ0) is 19.9. The van der Waals surface area contributed by atoms with Crippen LogP contribution in [-0.4, -0.2) is 49.6 Å². The molecular weight excluding hydrogens is 354 g/mol. The van der Waals surface area contributed by atoms with Crippen molar-refractivity contribution in [2.75, 3.05) is 43.1 Å². The highest BCUT2D eigenvalue weighted by Gasteiger charge is 2.22. The number of hydrogen-bond acceptors (Lipinski definition) is 4. The van der Waals surface area contributed by atoms with E-state index in [1.807, 2.05) is 61.5 Å². The van der Waals surface area contributed by atoms with Crippen LogP contribution in [0.1, 0.15) is 25.5 Å². The van der Waals surface area contributed by atoms with Crippen LogP contribution in [0.3, 0.4) is 0 Å². The first-order valence-electron chi connectivity index (χ1n) is 9.60. The number of rotatable bonds is 6. The van der Waals surface area contributed by atoms with E-state index in [9.17, 15) is 9.59 Å². The highest BCUT2D eigenvalue weighted by Crippen LogP contribution is 2.27. The van der Waals surface area contributed by atoms with Crippen molar-refractivity contribution < 1.29 is 14.3 Å². The van der Waals surface area contributed by atoms with E-state index in [0.29, 0.717) is 13.2 Å². The van der Waals surface area contributed by atoms with Crippen LogP contribution < -0.4 is 10.2 Å². The monoisotopic (exact) mass is 381 g/mol. The fourth-order valence-corrected chi connectivity index (χ4v) is 3.44. The second-order valence-electron chi connectivity index (χ2n) is 6.90. The SMILES string of the molecule is CC(=O)N(CC(=O)Nc1ccccc1N1CCOCC1)C(C)c1ccccc1. The second-order valence-corrected chi connectivity index (χ2v) is 6.90. The second kappa shape index (κ2) is 9.37. The van der Waals surface area contributed by atoms with Gasteiger partial charge in [0.05, 0.1) is 30.6 Å². The molecule has 0 bridgehead atoms. The quantitative estimate of drug-likeness (QED) is 0.835. The molecule has 0 saturated carbocycles. The molecule has 1 N–H and O–H groups in total. The molecule has 6 nitrogen and oxygen atoms in total. The van der Waals surface area contributed by atoms with Crippen LogP contribution in [0.5, 0.6) is 0 Å². The lowest BCUT2D eigenvalue weighted by Crippen LogP contribution is -2.39. The molecule has 1 heterocycles. The average Bonchev–Trinajstić information content (AvgIpc) is 2.73. The zero-order valence-electron chi connectivity index (χ0n) is 16.4. The third kappa shape index (κ3) is 4.89. The summed E-state index contributed by atoms with van der Waals surface area (Å²) in [6.45, 7) is 6.36. The lowest BCUT2D eigenvalue weighted by atomic mass is 10.1. The number of para-hydroxylation sites is 2. The van der Waals surface area contributed by atoms with E-state index in [1.54, 1.807) is 4.90 Å². The third-order valence-electron chi connectivity index (χ3n) is 5.00. The molecule has 0 aliphatic carbocycles. The number of hydrogen-bond donors (Lipinski definition) is 1. The Balaban J connectivity index is 1.71. The van der Waals surface area contributed by atoms with E-state index in [-0.39, 0.29) is 24.4 Å². The lowest BCUT2D eigenvalue weighted by Gasteiger charge is -2.31. The van der Waals surface area contributed by atoms with Gasteiger partial charge in [-0.3, -0.25) is 9.59 Å². The van der Waals surface area contributed by atoms with Gasteiger partial charge in [-0.05, 0) is 24.6 Å². The molecular formula is C22H27N3O3. The molecule has 2 aromatic rings. The van der Waals surface area contributed by atoms with Crippen LogP contribution in [0.2, 0.25) is 0 Å². The Kier molecular flexibility index (Phi) is 6.66. The maximum Gasteiger partial charge on any atom is 0.244 e. The summed E-state index contributed by atoms with van der Waals surface area (Å²) in [4.78, 5) is 28.7. The van der Waals surface area contributed by atoms with Crippen molar-refractivity contribution in [2.45, 2.75) is 19.9 Å². The summed E-state index contributed by atoms with van der Waals surface area (Å²) in [5.41, 5.74) is 2.73. The van der Waals surface area contributed by atoms with E-state index in [0.717, 1.165) is 30.0 Å². The fourth-order valence-electron chi connectivity index (χ4n) is 3.44. The summed E-state index contributed by atoms with van der Waals surface area (Å²) < 4.78 is 5.42. The topological polar surface area (TPSA) is 61.9 Å². The molecule has 0 aromatic heterocycles. The Labute approximate surface area is 166 Å². The molecule has 1 atom stereocenters. The summed E-state index contributed by atoms with van der Waals surface area (Å²) in [5, 5.41) is 2.98. The van der Waals surface area contributed by atoms with Crippen LogP contribution in [0.15, 0.2) is 54.6 Å². The maximum absolute atomic E-state index is 12.7.